The van der Waals surface area contributed by atoms with Crippen molar-refractivity contribution in [2.75, 3.05) is 0 Å². The molecule has 0 N–H and O–H groups in total. The summed E-state index contributed by atoms with van der Waals surface area (Å²) in [5.74, 6) is 1.92. The van der Waals surface area contributed by atoms with Gasteiger partial charge in [-0.15, -0.1) is 0 Å². The minimum absolute atomic E-state index is 0.631. The van der Waals surface area contributed by atoms with E-state index in [2.05, 4.69) is 328 Å². The fourth-order valence-corrected chi connectivity index (χ4v) is 15.6. The van der Waals surface area contributed by atoms with Crippen molar-refractivity contribution < 1.29 is 0 Å². The van der Waals surface area contributed by atoms with Gasteiger partial charge in [-0.25, -0.2) is 19.9 Å². The highest BCUT2D eigenvalue weighted by Crippen LogP contribution is 2.42. The molecule has 0 fully saturated rings. The maximum atomic E-state index is 5.02. The van der Waals surface area contributed by atoms with Gasteiger partial charge < -0.3 is 18.3 Å². The highest BCUT2D eigenvalue weighted by Gasteiger charge is 2.21. The summed E-state index contributed by atoms with van der Waals surface area (Å²) < 4.78 is 9.47. The van der Waals surface area contributed by atoms with E-state index in [1.807, 2.05) is 66.7 Å². The Morgan fingerprint density at radius 1 is 0.163 bits per heavy atom. The first kappa shape index (κ1) is 59.9. The summed E-state index contributed by atoms with van der Waals surface area (Å²) in [6, 6.07) is 134. The van der Waals surface area contributed by atoms with Crippen molar-refractivity contribution in [3.63, 3.8) is 0 Å². The van der Waals surface area contributed by atoms with Crippen LogP contribution in [-0.4, -0.2) is 38.2 Å². The lowest BCUT2D eigenvalue weighted by Crippen LogP contribution is -2.01. The van der Waals surface area contributed by atoms with Crippen LogP contribution in [0, 0.1) is 0 Å². The van der Waals surface area contributed by atoms with Gasteiger partial charge in [0.2, 0.25) is 0 Å². The average molecular weight is 1330 g/mol. The van der Waals surface area contributed by atoms with E-state index in [-0.39, 0.29) is 0 Å². The third kappa shape index (κ3) is 10.3. The van der Waals surface area contributed by atoms with Crippen LogP contribution < -0.4 is 0 Å². The molecule has 0 amide bonds. The molecular formula is C96H62N8. The Kier molecular flexibility index (Phi) is 14.4. The number of hydrogen-bond acceptors (Lipinski definition) is 4. The first-order valence-electron chi connectivity index (χ1n) is 35.3. The Morgan fingerprint density at radius 3 is 0.875 bits per heavy atom. The molecule has 8 nitrogen and oxygen atoms in total. The van der Waals surface area contributed by atoms with Crippen molar-refractivity contribution in [2.24, 2.45) is 0 Å². The van der Waals surface area contributed by atoms with Gasteiger partial charge in [0.25, 0.3) is 0 Å². The normalized spacial score (nSPS) is 11.7. The molecule has 0 unspecified atom stereocenters. The molecule has 486 valence electrons. The van der Waals surface area contributed by atoms with Crippen molar-refractivity contribution in [1.82, 2.24) is 38.2 Å². The van der Waals surface area contributed by atoms with Gasteiger partial charge in [0, 0.05) is 93.5 Å². The maximum Gasteiger partial charge on any atom is 0.164 e. The van der Waals surface area contributed by atoms with Gasteiger partial charge in [-0.2, -0.15) is 0 Å². The highest BCUT2D eigenvalue weighted by atomic mass is 15.0. The van der Waals surface area contributed by atoms with E-state index in [1.54, 1.807) is 0 Å². The number of nitrogens with zero attached hydrogens (tertiary/aromatic N) is 8. The Morgan fingerprint density at radius 2 is 0.462 bits per heavy atom. The third-order valence-electron chi connectivity index (χ3n) is 20.4. The molecule has 21 rings (SSSR count). The molecule has 15 aromatic carbocycles. The van der Waals surface area contributed by atoms with E-state index in [0.29, 0.717) is 17.5 Å². The van der Waals surface area contributed by atoms with E-state index < -0.39 is 0 Å². The zero-order valence-electron chi connectivity index (χ0n) is 56.4. The number of fused-ring (bicyclic) bond motifs is 13. The first-order valence-corrected chi connectivity index (χ1v) is 35.3. The van der Waals surface area contributed by atoms with E-state index in [4.69, 9.17) is 19.9 Å². The van der Waals surface area contributed by atoms with Gasteiger partial charge in [0.1, 0.15) is 0 Å². The summed E-state index contributed by atoms with van der Waals surface area (Å²) in [5, 5.41) is 11.0. The summed E-state index contributed by atoms with van der Waals surface area (Å²) in [6.45, 7) is 0. The molecule has 104 heavy (non-hydrogen) atoms. The monoisotopic (exact) mass is 1330 g/mol. The predicted molar refractivity (Wildman–Crippen MR) is 432 cm³/mol. The lowest BCUT2D eigenvalue weighted by Gasteiger charge is -2.12. The molecular weight excluding hydrogens is 1270 g/mol. The van der Waals surface area contributed by atoms with Crippen LogP contribution in [0.25, 0.3) is 189 Å². The molecule has 0 atom stereocenters. The van der Waals surface area contributed by atoms with Crippen LogP contribution in [0.15, 0.2) is 376 Å². The molecule has 0 aliphatic carbocycles. The maximum absolute atomic E-state index is 5.02. The SMILES string of the molecule is c1ccc(-c2nc(-c3ccccc3)nc(-c3cccc(-n4c5ccccc5c5cc(-c6ccc7c(c6)c6ccccc6n7-c6ccccc6)ccc54)c3)n2)cc1.c1ccc(-n2c3ccccc3c3cc(-c4ccc5c(c4)c4ccccc4n5-c4cccc(-c5ccc6ccccc6n5)c4)ccc32)cc1. The summed E-state index contributed by atoms with van der Waals surface area (Å²) in [4.78, 5) is 19.9. The minimum Gasteiger partial charge on any atom is -0.309 e. The topological polar surface area (TPSA) is 71.3 Å². The Labute approximate surface area is 599 Å². The Hall–Kier alpha value is -14.1. The van der Waals surface area contributed by atoms with E-state index in [1.165, 1.54) is 104 Å². The zero-order chi connectivity index (χ0) is 68.6. The van der Waals surface area contributed by atoms with Crippen LogP contribution in [0.3, 0.4) is 0 Å². The Balaban J connectivity index is 0.000000140. The van der Waals surface area contributed by atoms with Crippen LogP contribution in [-0.2, 0) is 0 Å². The molecule has 0 aliphatic rings. The van der Waals surface area contributed by atoms with E-state index in [0.717, 1.165) is 66.9 Å². The molecule has 8 heteroatoms. The molecule has 0 saturated heterocycles. The van der Waals surface area contributed by atoms with Crippen molar-refractivity contribution in [3.8, 4) is 90.4 Å². The molecule has 21 aromatic rings. The summed E-state index contributed by atoms with van der Waals surface area (Å²) >= 11 is 0. The van der Waals surface area contributed by atoms with Crippen LogP contribution in [0.2, 0.25) is 0 Å². The molecule has 0 spiro atoms. The third-order valence-corrected chi connectivity index (χ3v) is 20.4. The first-order chi connectivity index (χ1) is 51.6. The van der Waals surface area contributed by atoms with Crippen molar-refractivity contribution in [2.45, 2.75) is 0 Å². The molecule has 6 heterocycles. The van der Waals surface area contributed by atoms with Gasteiger partial charge in [-0.3, -0.25) is 0 Å². The van der Waals surface area contributed by atoms with E-state index in [9.17, 15) is 0 Å². The number of aromatic nitrogens is 8. The van der Waals surface area contributed by atoms with Crippen molar-refractivity contribution in [3.05, 3.63) is 376 Å². The summed E-state index contributed by atoms with van der Waals surface area (Å²) in [6.07, 6.45) is 0. The molecule has 0 aliphatic heterocycles. The molecule has 6 aromatic heterocycles. The molecule has 0 radical (unpaired) electrons. The quantitative estimate of drug-likeness (QED) is 0.137. The molecule has 0 bridgehead atoms. The van der Waals surface area contributed by atoms with Gasteiger partial charge >= 0.3 is 0 Å². The van der Waals surface area contributed by atoms with Crippen LogP contribution in [0.4, 0.5) is 0 Å². The second-order valence-corrected chi connectivity index (χ2v) is 26.5. The largest absolute Gasteiger partial charge is 0.309 e. The van der Waals surface area contributed by atoms with Gasteiger partial charge in [0.05, 0.1) is 55.3 Å². The standard InChI is InChI=1S/C51H33N5.C45H29N3/c1-4-15-34(16-5-1)49-52-50(35-17-6-2-7-18-35)54-51(53-49)38-19-14-22-40(31-38)56-46-26-13-11-24-42(46)44-33-37(28-30-48(44)56)36-27-29-47-43(32-36)41-23-10-12-25-45(41)55(47)39-20-8-3-9-21-39;1-2-13-34(14-3-1)47-42-19-8-5-16-36(42)38-28-31(22-25-44(38)47)32-23-26-45-39(29-32)37-17-6-9-20-43(37)48(45)35-15-10-12-33(27-35)41-24-21-30-11-4-7-18-40(30)46-41/h1-33H;1-29H. The Bertz CT molecular complexity index is 6850. The van der Waals surface area contributed by atoms with Crippen LogP contribution in [0.1, 0.15) is 0 Å². The average Bonchev–Trinajstić information content (AvgIpc) is 1.60. The summed E-state index contributed by atoms with van der Waals surface area (Å²) in [5.41, 5.74) is 24.7. The number of rotatable bonds is 10. The van der Waals surface area contributed by atoms with Crippen molar-refractivity contribution in [1.29, 1.82) is 0 Å². The predicted octanol–water partition coefficient (Wildman–Crippen LogP) is 24.5. The van der Waals surface area contributed by atoms with Gasteiger partial charge in [-0.1, -0.05) is 243 Å². The van der Waals surface area contributed by atoms with Crippen molar-refractivity contribution >= 4 is 98.1 Å². The molecule has 0 saturated carbocycles. The highest BCUT2D eigenvalue weighted by molar-refractivity contribution is 6.15. The fourth-order valence-electron chi connectivity index (χ4n) is 15.6. The van der Waals surface area contributed by atoms with Crippen LogP contribution >= 0.6 is 0 Å². The second kappa shape index (κ2) is 25.0. The smallest absolute Gasteiger partial charge is 0.164 e. The number of pyridine rings is 1. The second-order valence-electron chi connectivity index (χ2n) is 26.5. The number of benzene rings is 15. The van der Waals surface area contributed by atoms with Crippen LogP contribution in [0.5, 0.6) is 0 Å². The van der Waals surface area contributed by atoms with Gasteiger partial charge in [-0.05, 0) is 156 Å². The number of para-hydroxylation sites is 7. The lowest BCUT2D eigenvalue weighted by molar-refractivity contribution is 1.07. The van der Waals surface area contributed by atoms with E-state index >= 15 is 0 Å². The minimum atomic E-state index is 0.631. The summed E-state index contributed by atoms with van der Waals surface area (Å²) in [7, 11) is 0. The fraction of sp³-hybridized carbons (Fsp3) is 0. The number of hydrogen-bond donors (Lipinski definition) is 0. The van der Waals surface area contributed by atoms with Gasteiger partial charge in [0.15, 0.2) is 17.5 Å². The zero-order valence-corrected chi connectivity index (χ0v) is 56.4. The lowest BCUT2D eigenvalue weighted by atomic mass is 10.0.